The van der Waals surface area contributed by atoms with Gasteiger partial charge in [0.1, 0.15) is 0 Å². The summed E-state index contributed by atoms with van der Waals surface area (Å²) in [6, 6.07) is 3.08. The van der Waals surface area contributed by atoms with Gasteiger partial charge in [-0.15, -0.1) is 0 Å². The Bertz CT molecular complexity index is 302. The number of halogens is 1. The van der Waals surface area contributed by atoms with Crippen molar-refractivity contribution < 1.29 is 13.9 Å². The molecule has 0 fully saturated rings. The molecule has 72 valence electrons. The lowest BCUT2D eigenvalue weighted by Crippen LogP contribution is -2.01. The molecular weight excluding hydrogens is 173 g/mol. The summed E-state index contributed by atoms with van der Waals surface area (Å²) in [5.74, 6) is -0.273. The highest BCUT2D eigenvalue weighted by molar-refractivity contribution is 5.51. The first kappa shape index (κ1) is 9.80. The van der Waals surface area contributed by atoms with E-state index in [1.54, 1.807) is 6.07 Å². The second-order valence-electron chi connectivity index (χ2n) is 2.58. The van der Waals surface area contributed by atoms with Crippen LogP contribution in [0.1, 0.15) is 5.56 Å². The number of methoxy groups -OCH3 is 2. The van der Waals surface area contributed by atoms with E-state index in [2.05, 4.69) is 0 Å². The molecule has 0 bridgehead atoms. The van der Waals surface area contributed by atoms with Crippen molar-refractivity contribution in [1.82, 2.24) is 0 Å². The average molecular weight is 185 g/mol. The summed E-state index contributed by atoms with van der Waals surface area (Å²) in [5.41, 5.74) is 6.27. The van der Waals surface area contributed by atoms with Crippen molar-refractivity contribution in [2.75, 3.05) is 20.0 Å². The van der Waals surface area contributed by atoms with Gasteiger partial charge in [-0.25, -0.2) is 4.39 Å². The second kappa shape index (κ2) is 4.09. The number of ether oxygens (including phenoxy) is 2. The largest absolute Gasteiger partial charge is 0.494 e. The zero-order valence-electron chi connectivity index (χ0n) is 7.63. The van der Waals surface area contributed by atoms with Gasteiger partial charge in [-0.3, -0.25) is 0 Å². The number of benzene rings is 1. The van der Waals surface area contributed by atoms with Gasteiger partial charge in [0.25, 0.3) is 0 Å². The van der Waals surface area contributed by atoms with Crippen LogP contribution in [0.5, 0.6) is 5.75 Å². The number of rotatable bonds is 3. The maximum Gasteiger partial charge on any atom is 0.172 e. The van der Waals surface area contributed by atoms with Crippen molar-refractivity contribution >= 4 is 5.69 Å². The minimum absolute atomic E-state index is 0.148. The summed E-state index contributed by atoms with van der Waals surface area (Å²) >= 11 is 0. The standard InChI is InChI=1S/C9H12FNO2/c1-12-5-6-7(11)3-4-8(13-2)9(6)10/h3-4H,5,11H2,1-2H3. The third kappa shape index (κ3) is 1.89. The van der Waals surface area contributed by atoms with E-state index < -0.39 is 5.82 Å². The summed E-state index contributed by atoms with van der Waals surface area (Å²) in [5, 5.41) is 0. The van der Waals surface area contributed by atoms with Gasteiger partial charge < -0.3 is 15.2 Å². The molecule has 0 atom stereocenters. The number of hydrogen-bond acceptors (Lipinski definition) is 3. The Morgan fingerprint density at radius 1 is 1.38 bits per heavy atom. The Balaban J connectivity index is 3.13. The normalized spacial score (nSPS) is 10.1. The number of nitrogen functional groups attached to an aromatic ring is 1. The second-order valence-corrected chi connectivity index (χ2v) is 2.58. The predicted molar refractivity (Wildman–Crippen MR) is 48.1 cm³/mol. The number of hydrogen-bond donors (Lipinski definition) is 1. The minimum atomic E-state index is -0.454. The fraction of sp³-hybridized carbons (Fsp3) is 0.333. The van der Waals surface area contributed by atoms with Crippen molar-refractivity contribution in [2.24, 2.45) is 0 Å². The first-order valence-electron chi connectivity index (χ1n) is 3.80. The SMILES string of the molecule is COCc1c(N)ccc(OC)c1F. The van der Waals surface area contributed by atoms with Gasteiger partial charge in [0.2, 0.25) is 0 Å². The van der Waals surface area contributed by atoms with Crippen molar-refractivity contribution in [3.05, 3.63) is 23.5 Å². The van der Waals surface area contributed by atoms with Crippen LogP contribution in [0.4, 0.5) is 10.1 Å². The van der Waals surface area contributed by atoms with Crippen molar-refractivity contribution in [3.63, 3.8) is 0 Å². The smallest absolute Gasteiger partial charge is 0.172 e. The van der Waals surface area contributed by atoms with Crippen LogP contribution in [-0.4, -0.2) is 14.2 Å². The molecular formula is C9H12FNO2. The van der Waals surface area contributed by atoms with Crippen molar-refractivity contribution in [3.8, 4) is 5.75 Å². The predicted octanol–water partition coefficient (Wildman–Crippen LogP) is 1.56. The minimum Gasteiger partial charge on any atom is -0.494 e. The van der Waals surface area contributed by atoms with E-state index in [1.807, 2.05) is 0 Å². The van der Waals surface area contributed by atoms with Gasteiger partial charge in [-0.05, 0) is 12.1 Å². The third-order valence-corrected chi connectivity index (χ3v) is 1.75. The van der Waals surface area contributed by atoms with Gasteiger partial charge in [-0.1, -0.05) is 0 Å². The van der Waals surface area contributed by atoms with Gasteiger partial charge >= 0.3 is 0 Å². The molecule has 13 heavy (non-hydrogen) atoms. The van der Waals surface area contributed by atoms with Gasteiger partial charge in [-0.2, -0.15) is 0 Å². The van der Waals surface area contributed by atoms with Crippen LogP contribution in [-0.2, 0) is 11.3 Å². The molecule has 0 aliphatic rings. The monoisotopic (exact) mass is 185 g/mol. The molecule has 0 aromatic heterocycles. The zero-order valence-corrected chi connectivity index (χ0v) is 7.63. The first-order chi connectivity index (χ1) is 6.20. The van der Waals surface area contributed by atoms with E-state index in [9.17, 15) is 4.39 Å². The van der Waals surface area contributed by atoms with Crippen LogP contribution < -0.4 is 10.5 Å². The highest BCUT2D eigenvalue weighted by Gasteiger charge is 2.11. The zero-order chi connectivity index (χ0) is 9.84. The molecule has 4 heteroatoms. The molecule has 0 amide bonds. The summed E-state index contributed by atoms with van der Waals surface area (Å²) in [7, 11) is 2.89. The van der Waals surface area contributed by atoms with E-state index in [4.69, 9.17) is 15.2 Å². The molecule has 0 unspecified atom stereocenters. The van der Waals surface area contributed by atoms with E-state index in [1.165, 1.54) is 20.3 Å². The lowest BCUT2D eigenvalue weighted by atomic mass is 10.1. The van der Waals surface area contributed by atoms with Crippen LogP contribution in [0.15, 0.2) is 12.1 Å². The van der Waals surface area contributed by atoms with E-state index >= 15 is 0 Å². The van der Waals surface area contributed by atoms with E-state index in [0.717, 1.165) is 0 Å². The van der Waals surface area contributed by atoms with Crippen molar-refractivity contribution in [1.29, 1.82) is 0 Å². The van der Waals surface area contributed by atoms with Crippen LogP contribution in [0, 0.1) is 5.82 Å². The summed E-state index contributed by atoms with van der Waals surface area (Å²) in [6.45, 7) is 0.148. The van der Waals surface area contributed by atoms with Crippen LogP contribution in [0.3, 0.4) is 0 Å². The highest BCUT2D eigenvalue weighted by Crippen LogP contribution is 2.25. The molecule has 0 heterocycles. The Hall–Kier alpha value is -1.29. The molecule has 2 N–H and O–H groups in total. The Morgan fingerprint density at radius 3 is 2.62 bits per heavy atom. The van der Waals surface area contributed by atoms with Gasteiger partial charge in [0.15, 0.2) is 11.6 Å². The van der Waals surface area contributed by atoms with E-state index in [0.29, 0.717) is 11.3 Å². The van der Waals surface area contributed by atoms with Crippen molar-refractivity contribution in [2.45, 2.75) is 6.61 Å². The average Bonchev–Trinajstić information content (AvgIpc) is 2.12. The van der Waals surface area contributed by atoms with Crippen LogP contribution in [0.25, 0.3) is 0 Å². The topological polar surface area (TPSA) is 44.5 Å². The molecule has 0 saturated carbocycles. The Morgan fingerprint density at radius 2 is 2.08 bits per heavy atom. The molecule has 0 aliphatic carbocycles. The number of anilines is 1. The maximum atomic E-state index is 13.4. The Kier molecular flexibility index (Phi) is 3.08. The third-order valence-electron chi connectivity index (χ3n) is 1.75. The molecule has 0 saturated heterocycles. The lowest BCUT2D eigenvalue weighted by molar-refractivity contribution is 0.181. The number of nitrogens with two attached hydrogens (primary N) is 1. The fourth-order valence-electron chi connectivity index (χ4n) is 1.06. The molecule has 3 nitrogen and oxygen atoms in total. The Labute approximate surface area is 76.3 Å². The molecule has 0 radical (unpaired) electrons. The van der Waals surface area contributed by atoms with Gasteiger partial charge in [0.05, 0.1) is 13.7 Å². The summed E-state index contributed by atoms with van der Waals surface area (Å²) in [4.78, 5) is 0. The van der Waals surface area contributed by atoms with E-state index in [-0.39, 0.29) is 12.4 Å². The molecule has 1 aromatic rings. The van der Waals surface area contributed by atoms with Gasteiger partial charge in [0, 0.05) is 18.4 Å². The van der Waals surface area contributed by atoms with Crippen LogP contribution >= 0.6 is 0 Å². The summed E-state index contributed by atoms with van der Waals surface area (Å²) in [6.07, 6.45) is 0. The highest BCUT2D eigenvalue weighted by atomic mass is 19.1. The first-order valence-corrected chi connectivity index (χ1v) is 3.80. The molecule has 1 aromatic carbocycles. The lowest BCUT2D eigenvalue weighted by Gasteiger charge is -2.09. The molecule has 0 spiro atoms. The quantitative estimate of drug-likeness (QED) is 0.727. The van der Waals surface area contributed by atoms with Crippen LogP contribution in [0.2, 0.25) is 0 Å². The molecule has 0 aliphatic heterocycles. The summed E-state index contributed by atoms with van der Waals surface area (Å²) < 4.78 is 23.1. The molecule has 1 rings (SSSR count). The fourth-order valence-corrected chi connectivity index (χ4v) is 1.06. The maximum absolute atomic E-state index is 13.4.